The number of carbonyl (C=O) groups excluding carboxylic acids is 1. The summed E-state index contributed by atoms with van der Waals surface area (Å²) in [7, 11) is -4.08. The molecule has 270 valence electrons. The smallest absolute Gasteiger partial charge is 0.255 e. The van der Waals surface area contributed by atoms with Gasteiger partial charge in [-0.05, 0) is 79.7 Å². The third-order valence-corrected chi connectivity index (χ3v) is 14.8. The summed E-state index contributed by atoms with van der Waals surface area (Å²) in [6.45, 7) is 3.21. The Hall–Kier alpha value is -2.61. The van der Waals surface area contributed by atoms with Gasteiger partial charge in [-0.3, -0.25) is 9.63 Å². The molecule has 1 saturated heterocycles. The SMILES string of the molecule is CCCCCCC1CON(Cc2ccccc2)SC1[C@]1(O)CC2CCC(C1)[C@H]2S(=O)(=O)c1cc(C(=O)Nc2cc(F)c(F)c(F)c2)ccc1Cl. The number of fused-ring (bicyclic) bond motifs is 2. The highest BCUT2D eigenvalue weighted by Crippen LogP contribution is 2.56. The standard InChI is InChI=1S/C37H42ClF3N2O5S2/c1-2-3-4-8-11-27-22-48-43(21-23-9-6-5-7-10-23)49-35(27)37(45)19-25-12-13-26(20-37)34(25)50(46,47)32-16-24(14-15-29(32)38)36(44)42-28-17-30(39)33(41)31(40)18-28/h5-7,9-10,14-18,25-27,34-35,45H,2-4,8,11-13,19-22H2,1H3,(H,42,44)/t25?,26?,27?,34-,35?,37-. The number of benzene rings is 3. The first-order chi connectivity index (χ1) is 23.9. The molecule has 2 N–H and O–H groups in total. The van der Waals surface area contributed by atoms with Crippen LogP contribution < -0.4 is 5.32 Å². The number of aliphatic hydroxyl groups is 1. The zero-order chi connectivity index (χ0) is 35.6. The van der Waals surface area contributed by atoms with Gasteiger partial charge in [-0.25, -0.2) is 21.6 Å². The van der Waals surface area contributed by atoms with Crippen LogP contribution in [0.2, 0.25) is 5.02 Å². The van der Waals surface area contributed by atoms with Crippen molar-refractivity contribution in [1.29, 1.82) is 0 Å². The molecule has 3 fully saturated rings. The summed E-state index contributed by atoms with van der Waals surface area (Å²) in [5.41, 5.74) is -0.443. The highest BCUT2D eigenvalue weighted by Gasteiger charge is 2.58. The van der Waals surface area contributed by atoms with Crippen molar-refractivity contribution in [2.45, 2.75) is 92.3 Å². The number of unbranched alkanes of at least 4 members (excludes halogenated alkanes) is 3. The van der Waals surface area contributed by atoms with Crippen LogP contribution >= 0.6 is 23.5 Å². The van der Waals surface area contributed by atoms with Crippen molar-refractivity contribution in [2.24, 2.45) is 17.8 Å². The van der Waals surface area contributed by atoms with Crippen molar-refractivity contribution in [3.8, 4) is 0 Å². The van der Waals surface area contributed by atoms with Gasteiger partial charge in [0, 0.05) is 29.3 Å². The van der Waals surface area contributed by atoms with Gasteiger partial charge >= 0.3 is 0 Å². The summed E-state index contributed by atoms with van der Waals surface area (Å²) in [5.74, 6) is -6.00. The molecular weight excluding hydrogens is 709 g/mol. The molecule has 1 heterocycles. The minimum atomic E-state index is -4.08. The van der Waals surface area contributed by atoms with Gasteiger partial charge in [-0.15, -0.1) is 4.47 Å². The van der Waals surface area contributed by atoms with Crippen LogP contribution in [0.1, 0.15) is 80.6 Å². The number of hydroxylamine groups is 1. The molecule has 50 heavy (non-hydrogen) atoms. The largest absolute Gasteiger partial charge is 0.389 e. The quantitative estimate of drug-likeness (QED) is 0.109. The number of carbonyl (C=O) groups is 1. The number of halogens is 4. The van der Waals surface area contributed by atoms with E-state index in [4.69, 9.17) is 16.4 Å². The van der Waals surface area contributed by atoms with Crippen molar-refractivity contribution >= 4 is 45.0 Å². The van der Waals surface area contributed by atoms with E-state index in [2.05, 4.69) is 12.2 Å². The summed E-state index contributed by atoms with van der Waals surface area (Å²) < 4.78 is 71.5. The molecule has 3 aromatic rings. The Balaban J connectivity index is 1.22. The topological polar surface area (TPSA) is 95.9 Å². The third kappa shape index (κ3) is 7.90. The van der Waals surface area contributed by atoms with E-state index in [-0.39, 0.29) is 44.2 Å². The Bertz CT molecular complexity index is 1760. The Labute approximate surface area is 300 Å². The fraction of sp³-hybridized carbons (Fsp3) is 0.486. The molecule has 0 aromatic heterocycles. The van der Waals surface area contributed by atoms with Crippen molar-refractivity contribution in [1.82, 2.24) is 4.47 Å². The summed E-state index contributed by atoms with van der Waals surface area (Å²) in [6, 6.07) is 15.1. The van der Waals surface area contributed by atoms with E-state index in [0.717, 1.165) is 37.7 Å². The maximum atomic E-state index is 14.4. The minimum absolute atomic E-state index is 0.0515. The lowest BCUT2D eigenvalue weighted by molar-refractivity contribution is -0.130. The number of hydrogen-bond donors (Lipinski definition) is 2. The number of hydrogen-bond acceptors (Lipinski definition) is 7. The maximum Gasteiger partial charge on any atom is 0.255 e. The number of anilines is 1. The van der Waals surface area contributed by atoms with Crippen LogP contribution in [-0.4, -0.2) is 46.6 Å². The highest BCUT2D eigenvalue weighted by molar-refractivity contribution is 7.97. The molecule has 3 aromatic carbocycles. The first-order valence-corrected chi connectivity index (χ1v) is 20.0. The van der Waals surface area contributed by atoms with Crippen LogP contribution in [-0.2, 0) is 21.2 Å². The number of nitrogens with zero attached hydrogens (tertiary/aromatic N) is 1. The monoisotopic (exact) mass is 750 g/mol. The van der Waals surface area contributed by atoms with E-state index in [1.54, 1.807) is 0 Å². The van der Waals surface area contributed by atoms with Gasteiger partial charge in [0.25, 0.3) is 5.91 Å². The first kappa shape index (κ1) is 37.2. The van der Waals surface area contributed by atoms with Gasteiger partial charge in [-0.2, -0.15) is 0 Å². The second kappa shape index (κ2) is 15.6. The van der Waals surface area contributed by atoms with E-state index in [1.807, 2.05) is 34.8 Å². The number of rotatable bonds is 12. The molecule has 2 aliphatic carbocycles. The Morgan fingerprint density at radius 2 is 1.70 bits per heavy atom. The Kier molecular flexibility index (Phi) is 11.6. The van der Waals surface area contributed by atoms with E-state index >= 15 is 0 Å². The van der Waals surface area contributed by atoms with Crippen molar-refractivity contribution < 1.29 is 36.3 Å². The summed E-state index contributed by atoms with van der Waals surface area (Å²) in [6.07, 6.45) is 7.23. The van der Waals surface area contributed by atoms with Gasteiger partial charge < -0.3 is 10.4 Å². The van der Waals surface area contributed by atoms with Crippen molar-refractivity contribution in [3.63, 3.8) is 0 Å². The van der Waals surface area contributed by atoms with E-state index in [9.17, 15) is 31.5 Å². The van der Waals surface area contributed by atoms with E-state index in [0.29, 0.717) is 51.0 Å². The van der Waals surface area contributed by atoms with Crippen LogP contribution in [0.15, 0.2) is 65.6 Å². The van der Waals surface area contributed by atoms with Gasteiger partial charge in [0.1, 0.15) is 0 Å². The molecule has 2 saturated carbocycles. The second-order valence-electron chi connectivity index (χ2n) is 13.9. The molecule has 1 aliphatic heterocycles. The normalized spacial score (nSPS) is 27.0. The first-order valence-electron chi connectivity index (χ1n) is 17.2. The Morgan fingerprint density at radius 1 is 1.02 bits per heavy atom. The molecule has 4 atom stereocenters. The molecule has 3 aliphatic rings. The lowest BCUT2D eigenvalue weighted by Crippen LogP contribution is -2.56. The predicted molar refractivity (Wildman–Crippen MR) is 189 cm³/mol. The average molecular weight is 751 g/mol. The molecule has 4 unspecified atom stereocenters. The molecule has 0 radical (unpaired) electrons. The van der Waals surface area contributed by atoms with Gasteiger partial charge in [0.15, 0.2) is 27.3 Å². The van der Waals surface area contributed by atoms with Crippen LogP contribution in [0.4, 0.5) is 18.9 Å². The molecule has 1 amide bonds. The number of nitrogens with one attached hydrogen (secondary N) is 1. The fourth-order valence-corrected chi connectivity index (χ4v) is 12.3. The van der Waals surface area contributed by atoms with Crippen LogP contribution in [0, 0.1) is 35.2 Å². The molecule has 13 heteroatoms. The van der Waals surface area contributed by atoms with Crippen LogP contribution in [0.5, 0.6) is 0 Å². The minimum Gasteiger partial charge on any atom is -0.389 e. The molecular formula is C37H42ClF3N2O5S2. The zero-order valence-corrected chi connectivity index (χ0v) is 30.2. The number of sulfone groups is 1. The molecule has 2 bridgehead atoms. The van der Waals surface area contributed by atoms with Crippen molar-refractivity contribution in [2.75, 3.05) is 11.9 Å². The van der Waals surface area contributed by atoms with Gasteiger partial charge in [0.05, 0.1) is 39.2 Å². The molecule has 6 rings (SSSR count). The maximum absolute atomic E-state index is 14.4. The lowest BCUT2D eigenvalue weighted by Gasteiger charge is -2.50. The van der Waals surface area contributed by atoms with Crippen LogP contribution in [0.25, 0.3) is 0 Å². The zero-order valence-electron chi connectivity index (χ0n) is 27.8. The predicted octanol–water partition coefficient (Wildman–Crippen LogP) is 8.75. The van der Waals surface area contributed by atoms with Crippen molar-refractivity contribution in [3.05, 3.63) is 94.3 Å². The molecule has 0 spiro atoms. The second-order valence-corrected chi connectivity index (χ2v) is 17.5. The van der Waals surface area contributed by atoms with Crippen LogP contribution in [0.3, 0.4) is 0 Å². The van der Waals surface area contributed by atoms with E-state index in [1.165, 1.54) is 30.1 Å². The average Bonchev–Trinajstić information content (AvgIpc) is 3.39. The van der Waals surface area contributed by atoms with Gasteiger partial charge in [-0.1, -0.05) is 74.5 Å². The summed E-state index contributed by atoms with van der Waals surface area (Å²) in [4.78, 5) is 19.0. The van der Waals surface area contributed by atoms with Gasteiger partial charge in [0.2, 0.25) is 0 Å². The highest BCUT2D eigenvalue weighted by atomic mass is 35.5. The summed E-state index contributed by atoms with van der Waals surface area (Å²) >= 11 is 8.00. The lowest BCUT2D eigenvalue weighted by atomic mass is 9.72. The summed E-state index contributed by atoms with van der Waals surface area (Å²) in [5, 5.41) is 13.8. The third-order valence-electron chi connectivity index (χ3n) is 10.4. The fourth-order valence-electron chi connectivity index (χ4n) is 8.08. The molecule has 7 nitrogen and oxygen atoms in total. The Morgan fingerprint density at radius 3 is 2.36 bits per heavy atom. The van der Waals surface area contributed by atoms with E-state index < -0.39 is 44.0 Å². The number of amides is 1.